The Hall–Kier alpha value is -1.20. The molecule has 1 aromatic carbocycles. The fourth-order valence-corrected chi connectivity index (χ4v) is 2.54. The van der Waals surface area contributed by atoms with E-state index in [1.54, 1.807) is 19.1 Å². The monoisotopic (exact) mass is 256 g/mol. The van der Waals surface area contributed by atoms with Crippen LogP contribution < -0.4 is 10.5 Å². The fraction of sp³-hybridized carbons (Fsp3) is 0.538. The molecule has 2 unspecified atom stereocenters. The van der Waals surface area contributed by atoms with Gasteiger partial charge in [0.2, 0.25) is 0 Å². The van der Waals surface area contributed by atoms with Crippen LogP contribution in [0.15, 0.2) is 18.2 Å². The molecular weight excluding hydrogens is 238 g/mol. The maximum atomic E-state index is 12.4. The Labute approximate surface area is 106 Å². The number of alkyl halides is 2. The Morgan fingerprint density at radius 3 is 2.83 bits per heavy atom. The van der Waals surface area contributed by atoms with Gasteiger partial charge in [-0.2, -0.15) is 0 Å². The molecule has 0 saturated heterocycles. The van der Waals surface area contributed by atoms with E-state index in [0.717, 1.165) is 16.9 Å². The third-order valence-electron chi connectivity index (χ3n) is 3.55. The van der Waals surface area contributed by atoms with Gasteiger partial charge in [0.25, 0.3) is 6.43 Å². The number of nitrogens with two attached hydrogens (primary N) is 1. The number of likely N-dealkylation sites (N-methyl/N-ethyl adjacent to an activating group) is 1. The van der Waals surface area contributed by atoms with Crippen LogP contribution in [0.4, 0.5) is 8.78 Å². The van der Waals surface area contributed by atoms with E-state index in [4.69, 9.17) is 10.5 Å². The Balaban J connectivity index is 2.17. The van der Waals surface area contributed by atoms with Crippen LogP contribution in [0.25, 0.3) is 0 Å². The molecule has 2 N–H and O–H groups in total. The molecule has 2 rings (SSSR count). The predicted octanol–water partition coefficient (Wildman–Crippen LogP) is 1.82. The van der Waals surface area contributed by atoms with Crippen LogP contribution in [-0.2, 0) is 6.42 Å². The van der Waals surface area contributed by atoms with Crippen molar-refractivity contribution in [2.24, 2.45) is 5.73 Å². The Morgan fingerprint density at radius 2 is 2.22 bits per heavy atom. The highest BCUT2D eigenvalue weighted by Gasteiger charge is 2.33. The summed E-state index contributed by atoms with van der Waals surface area (Å²) >= 11 is 0. The maximum Gasteiger partial charge on any atom is 0.251 e. The lowest BCUT2D eigenvalue weighted by atomic mass is 10.1. The van der Waals surface area contributed by atoms with Crippen molar-refractivity contribution in [1.82, 2.24) is 4.90 Å². The van der Waals surface area contributed by atoms with Gasteiger partial charge in [0.05, 0.1) is 13.7 Å². The minimum atomic E-state index is -2.33. The number of hydrogen-bond acceptors (Lipinski definition) is 3. The minimum absolute atomic E-state index is 0.0684. The number of fused-ring (bicyclic) bond motifs is 1. The standard InChI is InChI=1S/C13H18F2N2O/c1-17(7-12(14)15)11-5-8-3-4-9(18-2)6-10(8)13(11)16/h3-4,6,11-13H,5,7,16H2,1-2H3. The van der Waals surface area contributed by atoms with E-state index >= 15 is 0 Å². The molecule has 2 atom stereocenters. The summed E-state index contributed by atoms with van der Waals surface area (Å²) in [6, 6.07) is 5.43. The van der Waals surface area contributed by atoms with Crippen LogP contribution in [0.2, 0.25) is 0 Å². The Bertz CT molecular complexity index is 425. The zero-order chi connectivity index (χ0) is 13.3. The van der Waals surface area contributed by atoms with E-state index in [2.05, 4.69) is 0 Å². The van der Waals surface area contributed by atoms with Crippen LogP contribution in [-0.4, -0.2) is 38.1 Å². The van der Waals surface area contributed by atoms with E-state index in [0.29, 0.717) is 6.42 Å². The number of benzene rings is 1. The number of halogens is 2. The van der Waals surface area contributed by atoms with Crippen molar-refractivity contribution >= 4 is 0 Å². The van der Waals surface area contributed by atoms with E-state index < -0.39 is 6.43 Å². The molecule has 0 saturated carbocycles. The molecule has 0 fully saturated rings. The summed E-state index contributed by atoms with van der Waals surface area (Å²) < 4.78 is 30.0. The van der Waals surface area contributed by atoms with Gasteiger partial charge < -0.3 is 10.5 Å². The lowest BCUT2D eigenvalue weighted by Gasteiger charge is -2.27. The summed E-state index contributed by atoms with van der Waals surface area (Å²) in [7, 11) is 3.29. The Kier molecular flexibility index (Phi) is 3.82. The minimum Gasteiger partial charge on any atom is -0.497 e. The first kappa shape index (κ1) is 13.2. The molecule has 3 nitrogen and oxygen atoms in total. The highest BCUT2D eigenvalue weighted by atomic mass is 19.3. The third kappa shape index (κ3) is 2.47. The van der Waals surface area contributed by atoms with Gasteiger partial charge in [-0.25, -0.2) is 8.78 Å². The predicted molar refractivity (Wildman–Crippen MR) is 66.0 cm³/mol. The first-order chi connectivity index (χ1) is 8.52. The van der Waals surface area contributed by atoms with Crippen molar-refractivity contribution in [3.63, 3.8) is 0 Å². The van der Waals surface area contributed by atoms with Crippen molar-refractivity contribution in [2.45, 2.75) is 24.9 Å². The Morgan fingerprint density at radius 1 is 1.50 bits per heavy atom. The van der Waals surface area contributed by atoms with Gasteiger partial charge in [-0.15, -0.1) is 0 Å². The zero-order valence-corrected chi connectivity index (χ0v) is 10.6. The molecule has 18 heavy (non-hydrogen) atoms. The summed E-state index contributed by atoms with van der Waals surface area (Å²) in [5.74, 6) is 0.751. The molecule has 1 aromatic rings. The van der Waals surface area contributed by atoms with Gasteiger partial charge in [-0.3, -0.25) is 4.90 Å². The van der Waals surface area contributed by atoms with E-state index in [1.165, 1.54) is 0 Å². The number of nitrogens with zero attached hydrogens (tertiary/aromatic N) is 1. The van der Waals surface area contributed by atoms with Gasteiger partial charge in [0.1, 0.15) is 5.75 Å². The summed E-state index contributed by atoms with van der Waals surface area (Å²) in [5.41, 5.74) is 8.27. The number of rotatable bonds is 4. The first-order valence-electron chi connectivity index (χ1n) is 5.93. The first-order valence-corrected chi connectivity index (χ1v) is 5.93. The average Bonchev–Trinajstić information content (AvgIpc) is 2.65. The second kappa shape index (κ2) is 5.20. The van der Waals surface area contributed by atoms with Crippen molar-refractivity contribution < 1.29 is 13.5 Å². The van der Waals surface area contributed by atoms with Gasteiger partial charge in [-0.1, -0.05) is 6.07 Å². The van der Waals surface area contributed by atoms with E-state index in [9.17, 15) is 8.78 Å². The lowest BCUT2D eigenvalue weighted by Crippen LogP contribution is -2.40. The molecule has 0 heterocycles. The molecular formula is C13H18F2N2O. The van der Waals surface area contributed by atoms with E-state index in [1.807, 2.05) is 18.2 Å². The van der Waals surface area contributed by atoms with Crippen molar-refractivity contribution in [1.29, 1.82) is 0 Å². The quantitative estimate of drug-likeness (QED) is 0.893. The molecule has 5 heteroatoms. The summed E-state index contributed by atoms with van der Waals surface area (Å²) in [4.78, 5) is 1.64. The highest BCUT2D eigenvalue weighted by Crippen LogP contribution is 2.34. The van der Waals surface area contributed by atoms with Crippen molar-refractivity contribution in [3.8, 4) is 5.75 Å². The SMILES string of the molecule is COc1ccc2c(c1)C(N)C(N(C)CC(F)F)C2. The van der Waals surface area contributed by atoms with E-state index in [-0.39, 0.29) is 18.6 Å². The molecule has 0 aliphatic heterocycles. The fourth-order valence-electron chi connectivity index (χ4n) is 2.54. The van der Waals surface area contributed by atoms with Crippen molar-refractivity contribution in [2.75, 3.05) is 20.7 Å². The van der Waals surface area contributed by atoms with Crippen molar-refractivity contribution in [3.05, 3.63) is 29.3 Å². The van der Waals surface area contributed by atoms with Gasteiger partial charge in [0, 0.05) is 12.1 Å². The van der Waals surface area contributed by atoms with Gasteiger partial charge in [0.15, 0.2) is 0 Å². The molecule has 0 radical (unpaired) electrons. The number of methoxy groups -OCH3 is 1. The summed E-state index contributed by atoms with van der Waals surface area (Å²) in [5, 5.41) is 0. The smallest absolute Gasteiger partial charge is 0.251 e. The second-order valence-electron chi connectivity index (χ2n) is 4.69. The van der Waals surface area contributed by atoms with Crippen LogP contribution in [0.5, 0.6) is 5.75 Å². The van der Waals surface area contributed by atoms with Crippen LogP contribution in [0, 0.1) is 0 Å². The highest BCUT2D eigenvalue weighted by molar-refractivity contribution is 5.42. The molecule has 1 aliphatic rings. The number of ether oxygens (including phenoxy) is 1. The topological polar surface area (TPSA) is 38.5 Å². The van der Waals surface area contributed by atoms with Crippen LogP contribution in [0.3, 0.4) is 0 Å². The molecule has 1 aliphatic carbocycles. The largest absolute Gasteiger partial charge is 0.497 e. The molecule has 0 spiro atoms. The average molecular weight is 256 g/mol. The number of hydrogen-bond donors (Lipinski definition) is 1. The summed E-state index contributed by atoms with van der Waals surface area (Å²) in [6.45, 7) is -0.247. The molecule has 0 aromatic heterocycles. The molecule has 0 amide bonds. The maximum absolute atomic E-state index is 12.4. The summed E-state index contributed by atoms with van der Waals surface area (Å²) in [6.07, 6.45) is -1.62. The lowest BCUT2D eigenvalue weighted by molar-refractivity contribution is 0.0770. The normalized spacial score (nSPS) is 22.6. The van der Waals surface area contributed by atoms with Crippen LogP contribution in [0.1, 0.15) is 17.2 Å². The van der Waals surface area contributed by atoms with Gasteiger partial charge >= 0.3 is 0 Å². The zero-order valence-electron chi connectivity index (χ0n) is 10.6. The van der Waals surface area contributed by atoms with Gasteiger partial charge in [-0.05, 0) is 36.7 Å². The third-order valence-corrected chi connectivity index (χ3v) is 3.55. The van der Waals surface area contributed by atoms with Crippen LogP contribution >= 0.6 is 0 Å². The molecule has 100 valence electrons. The second-order valence-corrected chi connectivity index (χ2v) is 4.69. The molecule has 0 bridgehead atoms.